The molecule has 0 saturated heterocycles. The van der Waals surface area contributed by atoms with E-state index < -0.39 is 0 Å². The van der Waals surface area contributed by atoms with E-state index in [0.717, 1.165) is 11.1 Å². The number of carbonyl (C=O) groups is 1. The van der Waals surface area contributed by atoms with Crippen LogP contribution in [0.4, 0.5) is 0 Å². The molecule has 0 aliphatic carbocycles. The van der Waals surface area contributed by atoms with E-state index in [1.54, 1.807) is 11.8 Å². The maximum absolute atomic E-state index is 11.7. The molecule has 0 aromatic heterocycles. The second-order valence-electron chi connectivity index (χ2n) is 3.61. The zero-order valence-corrected chi connectivity index (χ0v) is 9.99. The topological polar surface area (TPSA) is 17.1 Å². The lowest BCUT2D eigenvalue weighted by atomic mass is 9.99. The van der Waals surface area contributed by atoms with Gasteiger partial charge in [0.15, 0.2) is 5.78 Å². The Balaban J connectivity index is 3.09. The summed E-state index contributed by atoms with van der Waals surface area (Å²) in [5.41, 5.74) is 4.41. The van der Waals surface area contributed by atoms with Gasteiger partial charge >= 0.3 is 0 Å². The van der Waals surface area contributed by atoms with Gasteiger partial charge in [-0.3, -0.25) is 4.79 Å². The number of rotatable bonds is 3. The summed E-state index contributed by atoms with van der Waals surface area (Å²) in [6, 6.07) is 4.09. The van der Waals surface area contributed by atoms with Gasteiger partial charge in [0, 0.05) is 5.56 Å². The molecule has 0 saturated carbocycles. The maximum Gasteiger partial charge on any atom is 0.172 e. The first kappa shape index (κ1) is 11.3. The van der Waals surface area contributed by atoms with Gasteiger partial charge in [-0.25, -0.2) is 0 Å². The van der Waals surface area contributed by atoms with Gasteiger partial charge in [-0.15, -0.1) is 0 Å². The maximum atomic E-state index is 11.7. The third-order valence-electron chi connectivity index (χ3n) is 2.42. The van der Waals surface area contributed by atoms with Crippen LogP contribution in [0.3, 0.4) is 0 Å². The van der Waals surface area contributed by atoms with E-state index >= 15 is 0 Å². The Hall–Kier alpha value is -0.760. The molecule has 1 rings (SSSR count). The van der Waals surface area contributed by atoms with E-state index in [0.29, 0.717) is 5.75 Å². The van der Waals surface area contributed by atoms with Gasteiger partial charge in [0.25, 0.3) is 0 Å². The summed E-state index contributed by atoms with van der Waals surface area (Å²) in [7, 11) is 0. The van der Waals surface area contributed by atoms with E-state index in [1.165, 1.54) is 11.1 Å². The van der Waals surface area contributed by atoms with Crippen molar-refractivity contribution < 1.29 is 4.79 Å². The van der Waals surface area contributed by atoms with Crippen molar-refractivity contribution in [2.75, 3.05) is 12.0 Å². The number of aryl methyl sites for hydroxylation is 3. The molecule has 1 aromatic rings. The molecule has 0 spiro atoms. The highest BCUT2D eigenvalue weighted by molar-refractivity contribution is 7.99. The van der Waals surface area contributed by atoms with Crippen LogP contribution in [0.1, 0.15) is 27.0 Å². The molecule has 0 aliphatic rings. The minimum atomic E-state index is 0.234. The predicted molar refractivity (Wildman–Crippen MR) is 63.4 cm³/mol. The first-order valence-corrected chi connectivity index (χ1v) is 6.05. The predicted octanol–water partition coefficient (Wildman–Crippen LogP) is 3.16. The number of hydrogen-bond donors (Lipinski definition) is 0. The minimum Gasteiger partial charge on any atom is -0.293 e. The summed E-state index contributed by atoms with van der Waals surface area (Å²) in [4.78, 5) is 11.7. The normalized spacial score (nSPS) is 10.3. The number of carbonyl (C=O) groups excluding carboxylic acids is 1. The highest BCUT2D eigenvalue weighted by Crippen LogP contribution is 2.16. The second kappa shape index (κ2) is 4.65. The molecule has 0 atom stereocenters. The van der Waals surface area contributed by atoms with Crippen molar-refractivity contribution in [3.63, 3.8) is 0 Å². The summed E-state index contributed by atoms with van der Waals surface area (Å²) in [6.07, 6.45) is 1.95. The molecule has 0 fully saturated rings. The average molecular weight is 208 g/mol. The van der Waals surface area contributed by atoms with Crippen LogP contribution in [0.15, 0.2) is 12.1 Å². The lowest BCUT2D eigenvalue weighted by molar-refractivity contribution is 0.102. The van der Waals surface area contributed by atoms with E-state index in [2.05, 4.69) is 13.0 Å². The number of thioether (sulfide) groups is 1. The van der Waals surface area contributed by atoms with Crippen molar-refractivity contribution >= 4 is 17.5 Å². The van der Waals surface area contributed by atoms with Crippen molar-refractivity contribution in [3.8, 4) is 0 Å². The van der Waals surface area contributed by atoms with Crippen molar-refractivity contribution in [2.24, 2.45) is 0 Å². The van der Waals surface area contributed by atoms with Crippen molar-refractivity contribution in [1.82, 2.24) is 0 Å². The number of ketones is 1. The van der Waals surface area contributed by atoms with E-state index in [-0.39, 0.29) is 5.78 Å². The fourth-order valence-electron chi connectivity index (χ4n) is 1.47. The Morgan fingerprint density at radius 2 is 1.71 bits per heavy atom. The van der Waals surface area contributed by atoms with Crippen LogP contribution in [-0.2, 0) is 0 Å². The van der Waals surface area contributed by atoms with Crippen LogP contribution in [0.2, 0.25) is 0 Å². The standard InChI is InChI=1S/C12H16OS/c1-8-5-10(3)11(6-9(8)2)12(13)7-14-4/h5-6H,7H2,1-4H3. The molecular weight excluding hydrogens is 192 g/mol. The molecule has 0 unspecified atom stereocenters. The lowest BCUT2D eigenvalue weighted by Crippen LogP contribution is -2.05. The molecule has 1 aromatic carbocycles. The summed E-state index contributed by atoms with van der Waals surface area (Å²) in [5, 5.41) is 0. The fraction of sp³-hybridized carbons (Fsp3) is 0.417. The Kier molecular flexibility index (Phi) is 3.76. The molecule has 1 nitrogen and oxygen atoms in total. The quantitative estimate of drug-likeness (QED) is 0.710. The van der Waals surface area contributed by atoms with Gasteiger partial charge in [0.1, 0.15) is 0 Å². The molecule has 0 amide bonds. The molecule has 0 aliphatic heterocycles. The monoisotopic (exact) mass is 208 g/mol. The van der Waals surface area contributed by atoms with Crippen molar-refractivity contribution in [2.45, 2.75) is 20.8 Å². The van der Waals surface area contributed by atoms with E-state index in [1.807, 2.05) is 26.2 Å². The Labute approximate surface area is 89.9 Å². The summed E-state index contributed by atoms with van der Waals surface area (Å²) < 4.78 is 0. The molecule has 76 valence electrons. The molecule has 0 N–H and O–H groups in total. The van der Waals surface area contributed by atoms with Crippen LogP contribution in [0.25, 0.3) is 0 Å². The molecule has 0 bridgehead atoms. The van der Waals surface area contributed by atoms with Crippen molar-refractivity contribution in [3.05, 3.63) is 34.4 Å². The average Bonchev–Trinajstić information content (AvgIpc) is 2.11. The summed E-state index contributed by atoms with van der Waals surface area (Å²) in [5.74, 6) is 0.807. The minimum absolute atomic E-state index is 0.234. The summed E-state index contributed by atoms with van der Waals surface area (Å²) >= 11 is 1.57. The molecule has 14 heavy (non-hydrogen) atoms. The Bertz CT molecular complexity index is 356. The molecule has 0 radical (unpaired) electrons. The van der Waals surface area contributed by atoms with Crippen LogP contribution < -0.4 is 0 Å². The van der Waals surface area contributed by atoms with Crippen LogP contribution >= 0.6 is 11.8 Å². The largest absolute Gasteiger partial charge is 0.293 e. The highest BCUT2D eigenvalue weighted by Gasteiger charge is 2.09. The zero-order valence-electron chi connectivity index (χ0n) is 9.18. The first-order chi connectivity index (χ1) is 6.56. The van der Waals surface area contributed by atoms with Crippen LogP contribution in [-0.4, -0.2) is 17.8 Å². The summed E-state index contributed by atoms with van der Waals surface area (Å²) in [6.45, 7) is 6.12. The van der Waals surface area contributed by atoms with Crippen molar-refractivity contribution in [1.29, 1.82) is 0 Å². The fourth-order valence-corrected chi connectivity index (χ4v) is 1.89. The smallest absolute Gasteiger partial charge is 0.172 e. The number of Topliss-reactive ketones (excluding diaryl/α,β-unsaturated/α-hetero) is 1. The lowest BCUT2D eigenvalue weighted by Gasteiger charge is -2.08. The number of hydrogen-bond acceptors (Lipinski definition) is 2. The second-order valence-corrected chi connectivity index (χ2v) is 4.47. The van der Waals surface area contributed by atoms with Gasteiger partial charge in [-0.2, -0.15) is 11.8 Å². The third kappa shape index (κ3) is 2.38. The van der Waals surface area contributed by atoms with Gasteiger partial charge in [0.05, 0.1) is 5.75 Å². The van der Waals surface area contributed by atoms with Gasteiger partial charge in [-0.05, 0) is 49.8 Å². The molecular formula is C12H16OS. The van der Waals surface area contributed by atoms with Crippen LogP contribution in [0, 0.1) is 20.8 Å². The number of benzene rings is 1. The highest BCUT2D eigenvalue weighted by atomic mass is 32.2. The van der Waals surface area contributed by atoms with Gasteiger partial charge < -0.3 is 0 Å². The van der Waals surface area contributed by atoms with Gasteiger partial charge in [0.2, 0.25) is 0 Å². The van der Waals surface area contributed by atoms with Gasteiger partial charge in [-0.1, -0.05) is 6.07 Å². The Morgan fingerprint density at radius 3 is 2.29 bits per heavy atom. The molecule has 0 heterocycles. The van der Waals surface area contributed by atoms with E-state index in [9.17, 15) is 4.79 Å². The molecule has 2 heteroatoms. The third-order valence-corrected chi connectivity index (χ3v) is 2.97. The van der Waals surface area contributed by atoms with E-state index in [4.69, 9.17) is 0 Å². The Morgan fingerprint density at radius 1 is 1.14 bits per heavy atom. The first-order valence-electron chi connectivity index (χ1n) is 4.66. The SMILES string of the molecule is CSCC(=O)c1cc(C)c(C)cc1C. The zero-order chi connectivity index (χ0) is 10.7. The van der Waals surface area contributed by atoms with Crippen LogP contribution in [0.5, 0.6) is 0 Å².